The number of carbonyl (C=O) groups excluding carboxylic acids is 4. The summed E-state index contributed by atoms with van der Waals surface area (Å²) in [7, 11) is 0. The predicted octanol–water partition coefficient (Wildman–Crippen LogP) is 0.865. The van der Waals surface area contributed by atoms with Gasteiger partial charge in [0.05, 0.1) is 29.1 Å². The van der Waals surface area contributed by atoms with E-state index in [-0.39, 0.29) is 19.8 Å². The molecule has 6 rings (SSSR count). The summed E-state index contributed by atoms with van der Waals surface area (Å²) in [4.78, 5) is 53.6. The Bertz CT molecular complexity index is 1300. The number of hydrogen-bond donors (Lipinski definition) is 3. The van der Waals surface area contributed by atoms with E-state index in [0.717, 1.165) is 4.90 Å². The Morgan fingerprint density at radius 1 is 1.15 bits per heavy atom. The second-order valence-electron chi connectivity index (χ2n) is 8.80. The lowest BCUT2D eigenvalue weighted by molar-refractivity contribution is -0.143. The standard InChI is InChI=1S/C23H19ClN4O6/c24-12-3-1-2-11-19(12)26-22(32)23(11)18-17(13(27-23)7-16(25)29)20(30)28(21(18)31)8-10-4-5-14-15(6-10)34-9-33-14/h1-6,13,17-18,27H,7-9H2,(H2,25,29)(H,26,32)/t13-,17+,18+,23-/m0/s1. The van der Waals surface area contributed by atoms with E-state index in [0.29, 0.717) is 33.3 Å². The Morgan fingerprint density at radius 3 is 2.74 bits per heavy atom. The highest BCUT2D eigenvalue weighted by Gasteiger charge is 2.70. The first-order chi connectivity index (χ1) is 16.3. The van der Waals surface area contributed by atoms with Crippen LogP contribution in [0, 0.1) is 11.8 Å². The molecule has 174 valence electrons. The number of hydrogen-bond acceptors (Lipinski definition) is 7. The topological polar surface area (TPSA) is 140 Å². The maximum Gasteiger partial charge on any atom is 0.250 e. The van der Waals surface area contributed by atoms with Crippen LogP contribution >= 0.6 is 11.6 Å². The van der Waals surface area contributed by atoms with E-state index >= 15 is 0 Å². The van der Waals surface area contributed by atoms with Gasteiger partial charge in [0.1, 0.15) is 5.54 Å². The third-order valence-electron chi connectivity index (χ3n) is 6.99. The fraction of sp³-hybridized carbons (Fsp3) is 0.304. The maximum absolute atomic E-state index is 13.7. The van der Waals surface area contributed by atoms with Crippen molar-refractivity contribution in [3.63, 3.8) is 0 Å². The third-order valence-corrected chi connectivity index (χ3v) is 7.30. The summed E-state index contributed by atoms with van der Waals surface area (Å²) in [5.41, 5.74) is 5.43. The molecule has 34 heavy (non-hydrogen) atoms. The Balaban J connectivity index is 1.42. The van der Waals surface area contributed by atoms with Crippen LogP contribution in [-0.4, -0.2) is 41.4 Å². The van der Waals surface area contributed by atoms with Gasteiger partial charge in [-0.2, -0.15) is 0 Å². The summed E-state index contributed by atoms with van der Waals surface area (Å²) in [6, 6.07) is 9.36. The molecule has 4 aliphatic rings. The second kappa shape index (κ2) is 7.18. The van der Waals surface area contributed by atoms with Gasteiger partial charge < -0.3 is 20.5 Å². The average Bonchev–Trinajstić information content (AvgIpc) is 3.51. The SMILES string of the molecule is NC(=O)C[C@@H]1N[C@]2(C(=O)Nc3c(Cl)cccc32)[C@H]2C(=O)N(Cc3ccc4c(c3)OCO4)C(=O)[C@H]12. The fourth-order valence-corrected chi connectivity index (χ4v) is 5.84. The van der Waals surface area contributed by atoms with Crippen LogP contribution in [0.2, 0.25) is 5.02 Å². The lowest BCUT2D eigenvalue weighted by atomic mass is 9.76. The number of nitrogens with one attached hydrogen (secondary N) is 2. The van der Waals surface area contributed by atoms with Crippen LogP contribution < -0.4 is 25.8 Å². The van der Waals surface area contributed by atoms with Crippen LogP contribution in [0.25, 0.3) is 0 Å². The van der Waals surface area contributed by atoms with E-state index in [9.17, 15) is 19.2 Å². The van der Waals surface area contributed by atoms with Crippen molar-refractivity contribution < 1.29 is 28.7 Å². The highest BCUT2D eigenvalue weighted by Crippen LogP contribution is 2.54. The van der Waals surface area contributed by atoms with Gasteiger partial charge in [-0.25, -0.2) is 0 Å². The van der Waals surface area contributed by atoms with Crippen molar-refractivity contribution in [1.82, 2.24) is 10.2 Å². The number of benzene rings is 2. The molecule has 0 unspecified atom stereocenters. The molecule has 4 N–H and O–H groups in total. The number of imide groups is 1. The number of para-hydroxylation sites is 1. The molecule has 1 spiro atoms. The summed E-state index contributed by atoms with van der Waals surface area (Å²) in [5.74, 6) is -3.00. The zero-order valence-electron chi connectivity index (χ0n) is 17.7. The van der Waals surface area contributed by atoms with Gasteiger partial charge in [-0.05, 0) is 23.8 Å². The maximum atomic E-state index is 13.7. The summed E-state index contributed by atoms with van der Waals surface area (Å²) >= 11 is 6.31. The molecule has 4 atom stereocenters. The fourth-order valence-electron chi connectivity index (χ4n) is 5.62. The van der Waals surface area contributed by atoms with E-state index in [4.69, 9.17) is 26.8 Å². The summed E-state index contributed by atoms with van der Waals surface area (Å²) in [6.45, 7) is 0.0925. The van der Waals surface area contributed by atoms with Gasteiger partial charge in [-0.3, -0.25) is 29.4 Å². The molecule has 0 aromatic heterocycles. The zero-order valence-corrected chi connectivity index (χ0v) is 18.4. The van der Waals surface area contributed by atoms with Crippen LogP contribution in [-0.2, 0) is 31.3 Å². The van der Waals surface area contributed by atoms with Gasteiger partial charge in [-0.15, -0.1) is 0 Å². The molecular weight excluding hydrogens is 464 g/mol. The van der Waals surface area contributed by atoms with Crippen molar-refractivity contribution in [2.24, 2.45) is 17.6 Å². The van der Waals surface area contributed by atoms with Crippen LogP contribution in [0.1, 0.15) is 17.5 Å². The molecule has 0 bridgehead atoms. The molecule has 2 saturated heterocycles. The van der Waals surface area contributed by atoms with Crippen LogP contribution in [0.15, 0.2) is 36.4 Å². The minimum atomic E-state index is -1.54. The van der Waals surface area contributed by atoms with Gasteiger partial charge in [0.15, 0.2) is 11.5 Å². The quantitative estimate of drug-likeness (QED) is 0.549. The van der Waals surface area contributed by atoms with Crippen LogP contribution in [0.5, 0.6) is 11.5 Å². The van der Waals surface area contributed by atoms with Gasteiger partial charge in [-0.1, -0.05) is 29.8 Å². The molecule has 4 amide bonds. The van der Waals surface area contributed by atoms with Gasteiger partial charge in [0.25, 0.3) is 0 Å². The minimum Gasteiger partial charge on any atom is -0.454 e. The highest BCUT2D eigenvalue weighted by atomic mass is 35.5. The molecule has 2 fully saturated rings. The van der Waals surface area contributed by atoms with Gasteiger partial charge in [0, 0.05) is 18.0 Å². The number of carbonyl (C=O) groups is 4. The Morgan fingerprint density at radius 2 is 1.94 bits per heavy atom. The van der Waals surface area contributed by atoms with Gasteiger partial charge >= 0.3 is 0 Å². The van der Waals surface area contributed by atoms with Crippen molar-refractivity contribution in [3.8, 4) is 11.5 Å². The van der Waals surface area contributed by atoms with E-state index in [1.165, 1.54) is 0 Å². The molecule has 4 aliphatic heterocycles. The van der Waals surface area contributed by atoms with Crippen LogP contribution in [0.3, 0.4) is 0 Å². The molecular formula is C23H19ClN4O6. The van der Waals surface area contributed by atoms with Crippen molar-refractivity contribution in [2.75, 3.05) is 12.1 Å². The largest absolute Gasteiger partial charge is 0.454 e. The number of fused-ring (bicyclic) bond motifs is 5. The monoisotopic (exact) mass is 482 g/mol. The zero-order chi connectivity index (χ0) is 23.8. The molecule has 10 nitrogen and oxygen atoms in total. The summed E-state index contributed by atoms with van der Waals surface area (Å²) in [5, 5.41) is 6.20. The minimum absolute atomic E-state index is 0.00923. The third kappa shape index (κ3) is 2.72. The van der Waals surface area contributed by atoms with Crippen molar-refractivity contribution in [2.45, 2.75) is 24.5 Å². The summed E-state index contributed by atoms with van der Waals surface area (Å²) < 4.78 is 10.7. The van der Waals surface area contributed by atoms with E-state index in [1.54, 1.807) is 36.4 Å². The Hall–Kier alpha value is -3.63. The Labute approximate surface area is 198 Å². The van der Waals surface area contributed by atoms with E-state index in [1.807, 2.05) is 0 Å². The van der Waals surface area contributed by atoms with Crippen molar-refractivity contribution >= 4 is 40.9 Å². The number of halogens is 1. The smallest absolute Gasteiger partial charge is 0.250 e. The molecule has 2 aromatic carbocycles. The number of rotatable bonds is 4. The first kappa shape index (κ1) is 20.9. The first-order valence-corrected chi connectivity index (χ1v) is 11.1. The van der Waals surface area contributed by atoms with E-state index < -0.39 is 47.0 Å². The first-order valence-electron chi connectivity index (χ1n) is 10.7. The number of nitrogens with two attached hydrogens (primary N) is 1. The lowest BCUT2D eigenvalue weighted by Gasteiger charge is -2.29. The number of primary amides is 1. The number of amides is 4. The molecule has 0 saturated carbocycles. The number of likely N-dealkylation sites (tertiary alicyclic amines) is 1. The van der Waals surface area contributed by atoms with Crippen molar-refractivity contribution in [3.05, 3.63) is 52.5 Å². The number of ether oxygens (including phenoxy) is 2. The normalized spacial score (nSPS) is 28.4. The molecule has 0 radical (unpaired) electrons. The molecule has 4 heterocycles. The average molecular weight is 483 g/mol. The molecule has 0 aliphatic carbocycles. The molecule has 11 heteroatoms. The second-order valence-corrected chi connectivity index (χ2v) is 9.21. The predicted molar refractivity (Wildman–Crippen MR) is 118 cm³/mol. The number of nitrogens with zero attached hydrogens (tertiary/aromatic N) is 1. The molecule has 2 aromatic rings. The van der Waals surface area contributed by atoms with E-state index in [2.05, 4.69) is 10.6 Å². The van der Waals surface area contributed by atoms with Crippen LogP contribution in [0.4, 0.5) is 5.69 Å². The summed E-state index contributed by atoms with van der Waals surface area (Å²) in [6.07, 6.45) is -0.205. The van der Waals surface area contributed by atoms with Gasteiger partial charge in [0.2, 0.25) is 30.4 Å². The van der Waals surface area contributed by atoms with Crippen molar-refractivity contribution in [1.29, 1.82) is 0 Å². The lowest BCUT2D eigenvalue weighted by Crippen LogP contribution is -2.53. The highest BCUT2D eigenvalue weighted by molar-refractivity contribution is 6.35. The number of anilines is 1. The Kier molecular flexibility index (Phi) is 4.42.